The van der Waals surface area contributed by atoms with Crippen molar-refractivity contribution in [1.82, 2.24) is 5.32 Å². The van der Waals surface area contributed by atoms with Crippen molar-refractivity contribution in [3.63, 3.8) is 0 Å². The van der Waals surface area contributed by atoms with Crippen molar-refractivity contribution in [1.29, 1.82) is 0 Å². The second-order valence-electron chi connectivity index (χ2n) is 6.52. The van der Waals surface area contributed by atoms with Crippen LogP contribution in [-0.4, -0.2) is 24.8 Å². The Morgan fingerprint density at radius 1 is 1.18 bits per heavy atom. The maximum absolute atomic E-state index is 12.9. The Kier molecular flexibility index (Phi) is 5.99. The highest BCUT2D eigenvalue weighted by Crippen LogP contribution is 2.37. The molecule has 0 unspecified atom stereocenters. The number of rotatable bonds is 5. The topological polar surface area (TPSA) is 50.8 Å². The van der Waals surface area contributed by atoms with Crippen LogP contribution in [0.1, 0.15) is 31.0 Å². The highest BCUT2D eigenvalue weighted by molar-refractivity contribution is 7.80. The molecule has 0 bridgehead atoms. The molecule has 3 rings (SSSR count). The van der Waals surface area contributed by atoms with E-state index in [1.54, 1.807) is 14.0 Å². The van der Waals surface area contributed by atoms with E-state index in [1.165, 1.54) is 0 Å². The van der Waals surface area contributed by atoms with Crippen molar-refractivity contribution in [3.05, 3.63) is 70.9 Å². The van der Waals surface area contributed by atoms with Crippen LogP contribution in [0.2, 0.25) is 0 Å². The Labute approximate surface area is 170 Å². The lowest BCUT2D eigenvalue weighted by Crippen LogP contribution is -2.48. The number of thiocarbonyl (C=S) groups is 1. The molecule has 0 radical (unpaired) electrons. The molecular weight excluding hydrogens is 372 g/mol. The number of aryl methyl sites for hydroxylation is 1. The van der Waals surface area contributed by atoms with Gasteiger partial charge in [-0.1, -0.05) is 42.0 Å². The van der Waals surface area contributed by atoms with E-state index in [1.807, 2.05) is 67.3 Å². The van der Waals surface area contributed by atoms with E-state index in [-0.39, 0.29) is 12.0 Å². The number of allylic oxidation sites excluding steroid dienone is 1. The summed E-state index contributed by atoms with van der Waals surface area (Å²) in [6.45, 7) is 6.00. The molecular formula is C22H24N2O3S. The Morgan fingerprint density at radius 3 is 2.61 bits per heavy atom. The van der Waals surface area contributed by atoms with Crippen molar-refractivity contribution in [3.8, 4) is 5.75 Å². The molecule has 146 valence electrons. The van der Waals surface area contributed by atoms with Gasteiger partial charge in [0.1, 0.15) is 5.75 Å². The molecule has 28 heavy (non-hydrogen) atoms. The van der Waals surface area contributed by atoms with Crippen molar-refractivity contribution in [2.24, 2.45) is 0 Å². The van der Waals surface area contributed by atoms with Gasteiger partial charge in [0.05, 0.1) is 31.0 Å². The van der Waals surface area contributed by atoms with Gasteiger partial charge in [-0.3, -0.25) is 4.90 Å². The van der Waals surface area contributed by atoms with E-state index in [2.05, 4.69) is 5.32 Å². The number of carbonyl (C=O) groups excluding carboxylic acids is 1. The van der Waals surface area contributed by atoms with Gasteiger partial charge in [-0.05, 0) is 50.7 Å². The number of anilines is 1. The third kappa shape index (κ3) is 3.73. The molecule has 0 amide bonds. The third-order valence-electron chi connectivity index (χ3n) is 4.68. The zero-order valence-corrected chi connectivity index (χ0v) is 17.3. The molecule has 1 atom stereocenters. The lowest BCUT2D eigenvalue weighted by atomic mass is 9.94. The van der Waals surface area contributed by atoms with Gasteiger partial charge in [0.25, 0.3) is 0 Å². The quantitative estimate of drug-likeness (QED) is 0.601. The summed E-state index contributed by atoms with van der Waals surface area (Å²) in [6, 6.07) is 15.2. The summed E-state index contributed by atoms with van der Waals surface area (Å²) < 4.78 is 10.9. The van der Waals surface area contributed by atoms with Crippen molar-refractivity contribution < 1.29 is 14.3 Å². The fourth-order valence-electron chi connectivity index (χ4n) is 3.42. The maximum atomic E-state index is 12.9. The van der Waals surface area contributed by atoms with E-state index >= 15 is 0 Å². The minimum absolute atomic E-state index is 0.301. The number of esters is 1. The summed E-state index contributed by atoms with van der Waals surface area (Å²) in [5.74, 6) is 0.310. The van der Waals surface area contributed by atoms with E-state index < -0.39 is 0 Å². The molecule has 1 aliphatic heterocycles. The van der Waals surface area contributed by atoms with Gasteiger partial charge in [-0.15, -0.1) is 0 Å². The molecule has 1 N–H and O–H groups in total. The molecule has 0 spiro atoms. The molecule has 0 aromatic heterocycles. The summed E-state index contributed by atoms with van der Waals surface area (Å²) in [5, 5.41) is 3.82. The lowest BCUT2D eigenvalue weighted by molar-refractivity contribution is -0.139. The fourth-order valence-corrected chi connectivity index (χ4v) is 3.77. The summed E-state index contributed by atoms with van der Waals surface area (Å²) in [6.07, 6.45) is 0. The second-order valence-corrected chi connectivity index (χ2v) is 6.91. The number of carbonyl (C=O) groups is 1. The minimum atomic E-state index is -0.377. The number of hydrogen-bond donors (Lipinski definition) is 1. The summed E-state index contributed by atoms with van der Waals surface area (Å²) in [4.78, 5) is 14.7. The SMILES string of the molecule is CCOC(=O)C1=C(C)N(c2ccccc2OC)C(=S)N[C@H]1c1cccc(C)c1. The van der Waals surface area contributed by atoms with Crippen LogP contribution in [-0.2, 0) is 9.53 Å². The molecule has 6 heteroatoms. The smallest absolute Gasteiger partial charge is 0.338 e. The minimum Gasteiger partial charge on any atom is -0.495 e. The van der Waals surface area contributed by atoms with Crippen LogP contribution in [0.15, 0.2) is 59.8 Å². The van der Waals surface area contributed by atoms with Crippen molar-refractivity contribution in [2.45, 2.75) is 26.8 Å². The Balaban J connectivity index is 2.17. The first-order chi connectivity index (χ1) is 13.5. The highest BCUT2D eigenvalue weighted by atomic mass is 32.1. The largest absolute Gasteiger partial charge is 0.495 e. The van der Waals surface area contributed by atoms with Crippen LogP contribution in [0.25, 0.3) is 0 Å². The molecule has 0 saturated carbocycles. The van der Waals surface area contributed by atoms with Crippen LogP contribution in [0.4, 0.5) is 5.69 Å². The number of nitrogens with zero attached hydrogens (tertiary/aromatic N) is 1. The zero-order valence-electron chi connectivity index (χ0n) is 16.5. The van der Waals surface area contributed by atoms with Crippen LogP contribution >= 0.6 is 12.2 Å². The van der Waals surface area contributed by atoms with Crippen LogP contribution in [0.5, 0.6) is 5.75 Å². The summed E-state index contributed by atoms with van der Waals surface area (Å²) >= 11 is 5.68. The average molecular weight is 397 g/mol. The van der Waals surface area contributed by atoms with Crippen LogP contribution < -0.4 is 15.0 Å². The molecule has 1 aliphatic rings. The van der Waals surface area contributed by atoms with Gasteiger partial charge < -0.3 is 14.8 Å². The highest BCUT2D eigenvalue weighted by Gasteiger charge is 2.36. The molecule has 0 fully saturated rings. The molecule has 2 aromatic rings. The van der Waals surface area contributed by atoms with Gasteiger partial charge in [-0.25, -0.2) is 4.79 Å². The third-order valence-corrected chi connectivity index (χ3v) is 4.98. The first-order valence-corrected chi connectivity index (χ1v) is 9.56. The number of ether oxygens (including phenoxy) is 2. The zero-order chi connectivity index (χ0) is 20.3. The molecule has 1 heterocycles. The molecule has 2 aromatic carbocycles. The Bertz CT molecular complexity index is 939. The number of methoxy groups -OCH3 is 1. The molecule has 5 nitrogen and oxygen atoms in total. The van der Waals surface area contributed by atoms with Crippen LogP contribution in [0, 0.1) is 6.92 Å². The maximum Gasteiger partial charge on any atom is 0.338 e. The normalized spacial score (nSPS) is 16.6. The van der Waals surface area contributed by atoms with Gasteiger partial charge >= 0.3 is 5.97 Å². The Hall–Kier alpha value is -2.86. The van der Waals surface area contributed by atoms with E-state index in [9.17, 15) is 4.79 Å². The van der Waals surface area contributed by atoms with Gasteiger partial charge in [-0.2, -0.15) is 0 Å². The molecule has 0 saturated heterocycles. The van der Waals surface area contributed by atoms with E-state index in [4.69, 9.17) is 21.7 Å². The molecule has 0 aliphatic carbocycles. The van der Waals surface area contributed by atoms with Crippen molar-refractivity contribution in [2.75, 3.05) is 18.6 Å². The van der Waals surface area contributed by atoms with Gasteiger partial charge in [0.15, 0.2) is 5.11 Å². The Morgan fingerprint density at radius 2 is 1.93 bits per heavy atom. The number of para-hydroxylation sites is 2. The average Bonchev–Trinajstić information content (AvgIpc) is 2.68. The second kappa shape index (κ2) is 8.44. The first-order valence-electron chi connectivity index (χ1n) is 9.16. The van der Waals surface area contributed by atoms with Crippen LogP contribution in [0.3, 0.4) is 0 Å². The first kappa shape index (κ1) is 19.9. The van der Waals surface area contributed by atoms with Gasteiger partial charge in [0, 0.05) is 5.70 Å². The predicted octanol–water partition coefficient (Wildman–Crippen LogP) is 4.28. The summed E-state index contributed by atoms with van der Waals surface area (Å²) in [5.41, 5.74) is 4.09. The van der Waals surface area contributed by atoms with E-state index in [0.29, 0.717) is 23.0 Å². The van der Waals surface area contributed by atoms with Crippen molar-refractivity contribution >= 4 is 29.0 Å². The van der Waals surface area contributed by atoms with Gasteiger partial charge in [0.2, 0.25) is 0 Å². The summed E-state index contributed by atoms with van der Waals surface area (Å²) in [7, 11) is 1.61. The fraction of sp³-hybridized carbons (Fsp3) is 0.273. The number of benzene rings is 2. The lowest BCUT2D eigenvalue weighted by Gasteiger charge is -2.38. The number of nitrogens with one attached hydrogen (secondary N) is 1. The number of hydrogen-bond acceptors (Lipinski definition) is 4. The monoisotopic (exact) mass is 396 g/mol. The predicted molar refractivity (Wildman–Crippen MR) is 114 cm³/mol. The standard InChI is InChI=1S/C22H24N2O3S/c1-5-27-21(25)19-15(3)24(17-11-6-7-12-18(17)26-4)22(28)23-20(19)16-10-8-9-14(2)13-16/h6-13,20H,5H2,1-4H3,(H,23,28)/t20-/m0/s1. The van der Waals surface area contributed by atoms with E-state index in [0.717, 1.165) is 22.5 Å².